The maximum Gasteiger partial charge on any atom is 0.262 e. The van der Waals surface area contributed by atoms with Crippen LogP contribution in [0.25, 0.3) is 0 Å². The Morgan fingerprint density at radius 2 is 1.33 bits per heavy atom. The lowest BCUT2D eigenvalue weighted by Gasteiger charge is -2.50. The van der Waals surface area contributed by atoms with Crippen LogP contribution in [-0.2, 0) is 4.79 Å². The fourth-order valence-corrected chi connectivity index (χ4v) is 5.07. The zero-order valence-corrected chi connectivity index (χ0v) is 20.8. The van der Waals surface area contributed by atoms with Crippen LogP contribution in [0.1, 0.15) is 37.9 Å². The second-order valence-electron chi connectivity index (χ2n) is 8.51. The number of benzene rings is 3. The molecule has 0 radical (unpaired) electrons. The van der Waals surface area contributed by atoms with Gasteiger partial charge in [-0.25, -0.2) is 0 Å². The molecule has 2 aliphatic rings. The fourth-order valence-electron chi connectivity index (χ4n) is 4.90. The molecule has 1 fully saturated rings. The van der Waals surface area contributed by atoms with Gasteiger partial charge < -0.3 is 19.1 Å². The molecule has 3 aromatic rings. The van der Waals surface area contributed by atoms with Crippen molar-refractivity contribution in [2.75, 3.05) is 26.2 Å². The quantitative estimate of drug-likeness (QED) is 0.363. The number of methoxy groups -OCH3 is 3. The van der Waals surface area contributed by atoms with Crippen LogP contribution in [-0.4, -0.2) is 50.0 Å². The molecule has 0 N–H and O–H groups in total. The van der Waals surface area contributed by atoms with Crippen LogP contribution in [0.5, 0.6) is 17.2 Å². The molecule has 0 aliphatic carbocycles. The first-order chi connectivity index (χ1) is 17.3. The number of aryl methyl sites for hydroxylation is 1. The maximum atomic E-state index is 13.7. The average Bonchev–Trinajstić information content (AvgIpc) is 3.13. The number of halogens is 1. The van der Waals surface area contributed by atoms with Crippen molar-refractivity contribution >= 4 is 35.0 Å². The van der Waals surface area contributed by atoms with Crippen LogP contribution in [0, 0.1) is 6.92 Å². The third kappa shape index (κ3) is 3.40. The van der Waals surface area contributed by atoms with E-state index in [0.717, 1.165) is 10.5 Å². The lowest BCUT2D eigenvalue weighted by molar-refractivity contribution is -0.130. The number of fused-ring (bicyclic) bond motifs is 1. The average molecular weight is 507 g/mol. The molecule has 3 amide bonds. The second-order valence-corrected chi connectivity index (χ2v) is 8.95. The van der Waals surface area contributed by atoms with Crippen LogP contribution < -0.4 is 19.1 Å². The summed E-state index contributed by atoms with van der Waals surface area (Å²) in [7, 11) is 4.48. The zero-order valence-electron chi connectivity index (χ0n) is 20.1. The minimum Gasteiger partial charge on any atom is -0.493 e. The number of hydrogen-bond acceptors (Lipinski definition) is 6. The Morgan fingerprint density at radius 1 is 0.750 bits per heavy atom. The standard InChI is InChI=1S/C27H23ClN2O6/c1-14-9-10-16(28)13-19(14)29-22(15-11-20(34-2)24(36-4)21(12-15)35-3)23(27(29)33)30-25(31)17-7-5-6-8-18(17)26(30)32/h5-13,22-23H,1-4H3/t22-,23+/m1/s1. The predicted molar refractivity (Wildman–Crippen MR) is 133 cm³/mol. The summed E-state index contributed by atoms with van der Waals surface area (Å²) < 4.78 is 16.5. The summed E-state index contributed by atoms with van der Waals surface area (Å²) in [6, 6.07) is 13.4. The zero-order chi connectivity index (χ0) is 25.7. The van der Waals surface area contributed by atoms with Crippen LogP contribution in [0.4, 0.5) is 5.69 Å². The number of amides is 3. The molecule has 0 bridgehead atoms. The van der Waals surface area contributed by atoms with Crippen LogP contribution >= 0.6 is 11.6 Å². The number of imide groups is 1. The smallest absolute Gasteiger partial charge is 0.262 e. The molecule has 0 saturated carbocycles. The Bertz CT molecular complexity index is 1360. The molecular weight excluding hydrogens is 484 g/mol. The number of nitrogens with zero attached hydrogens (tertiary/aromatic N) is 2. The van der Waals surface area contributed by atoms with Crippen molar-refractivity contribution < 1.29 is 28.6 Å². The van der Waals surface area contributed by atoms with Gasteiger partial charge in [-0.3, -0.25) is 19.3 Å². The van der Waals surface area contributed by atoms with Gasteiger partial charge in [0.05, 0.1) is 38.5 Å². The van der Waals surface area contributed by atoms with E-state index in [1.807, 2.05) is 13.0 Å². The van der Waals surface area contributed by atoms with Gasteiger partial charge in [0.2, 0.25) is 5.75 Å². The van der Waals surface area contributed by atoms with Gasteiger partial charge in [0.15, 0.2) is 11.5 Å². The topological polar surface area (TPSA) is 85.4 Å². The minimum atomic E-state index is -1.07. The van der Waals surface area contributed by atoms with Crippen molar-refractivity contribution in [1.29, 1.82) is 0 Å². The summed E-state index contributed by atoms with van der Waals surface area (Å²) in [5.74, 6) is -0.251. The Morgan fingerprint density at radius 3 is 1.86 bits per heavy atom. The molecule has 5 rings (SSSR count). The SMILES string of the molecule is COc1cc([C@@H]2[C@H](N3C(=O)c4ccccc4C3=O)C(=O)N2c2cc(Cl)ccc2C)cc(OC)c1OC. The van der Waals surface area contributed by atoms with E-state index in [0.29, 0.717) is 33.5 Å². The van der Waals surface area contributed by atoms with Gasteiger partial charge in [0.25, 0.3) is 17.7 Å². The summed E-state index contributed by atoms with van der Waals surface area (Å²) in [5, 5.41) is 0.455. The van der Waals surface area contributed by atoms with Crippen molar-refractivity contribution in [3.8, 4) is 17.2 Å². The highest BCUT2D eigenvalue weighted by Crippen LogP contribution is 2.49. The lowest BCUT2D eigenvalue weighted by Crippen LogP contribution is -2.67. The lowest BCUT2D eigenvalue weighted by atomic mass is 9.85. The second kappa shape index (κ2) is 8.87. The number of carbonyl (C=O) groups is 3. The number of hydrogen-bond donors (Lipinski definition) is 0. The molecule has 2 atom stereocenters. The van der Waals surface area contributed by atoms with Gasteiger partial charge in [-0.1, -0.05) is 29.8 Å². The first kappa shape index (κ1) is 23.7. The highest BCUT2D eigenvalue weighted by molar-refractivity contribution is 6.31. The van der Waals surface area contributed by atoms with Crippen molar-refractivity contribution in [3.63, 3.8) is 0 Å². The number of rotatable bonds is 6. The third-order valence-corrected chi connectivity index (χ3v) is 6.87. The van der Waals surface area contributed by atoms with Crippen molar-refractivity contribution in [2.45, 2.75) is 19.0 Å². The number of anilines is 1. The first-order valence-electron chi connectivity index (χ1n) is 11.2. The number of ether oxygens (including phenoxy) is 3. The van der Waals surface area contributed by atoms with Gasteiger partial charge in [-0.2, -0.15) is 0 Å². The van der Waals surface area contributed by atoms with E-state index in [2.05, 4.69) is 0 Å². The number of β-lactam (4-membered cyclic amide) rings is 1. The van der Waals surface area contributed by atoms with E-state index in [9.17, 15) is 14.4 Å². The molecule has 9 heteroatoms. The summed E-state index contributed by atoms with van der Waals surface area (Å²) in [6.45, 7) is 1.86. The number of carbonyl (C=O) groups excluding carboxylic acids is 3. The third-order valence-electron chi connectivity index (χ3n) is 6.63. The minimum absolute atomic E-state index is 0.274. The normalized spacial score (nSPS) is 18.8. The van der Waals surface area contributed by atoms with E-state index in [1.54, 1.807) is 53.4 Å². The molecule has 8 nitrogen and oxygen atoms in total. The Hall–Kier alpha value is -4.04. The molecule has 36 heavy (non-hydrogen) atoms. The summed E-state index contributed by atoms with van der Waals surface area (Å²) in [4.78, 5) is 43.0. The van der Waals surface area contributed by atoms with Crippen molar-refractivity contribution in [1.82, 2.24) is 4.90 Å². The predicted octanol–water partition coefficient (Wildman–Crippen LogP) is 4.43. The van der Waals surface area contributed by atoms with Gasteiger partial charge in [0.1, 0.15) is 6.04 Å². The molecular formula is C27H23ClN2O6. The summed E-state index contributed by atoms with van der Waals surface area (Å²) in [5.41, 5.74) is 2.54. The molecule has 0 spiro atoms. The van der Waals surface area contributed by atoms with E-state index >= 15 is 0 Å². The Labute approximate surface area is 212 Å². The highest BCUT2D eigenvalue weighted by atomic mass is 35.5. The molecule has 2 aliphatic heterocycles. The highest BCUT2D eigenvalue weighted by Gasteiger charge is 2.57. The molecule has 3 aromatic carbocycles. The largest absolute Gasteiger partial charge is 0.493 e. The summed E-state index contributed by atoms with van der Waals surface area (Å²) >= 11 is 6.28. The fraction of sp³-hybridized carbons (Fsp3) is 0.222. The van der Waals surface area contributed by atoms with Crippen LogP contribution in [0.15, 0.2) is 54.6 Å². The van der Waals surface area contributed by atoms with Gasteiger partial charge >= 0.3 is 0 Å². The molecule has 184 valence electrons. The first-order valence-corrected chi connectivity index (χ1v) is 11.6. The van der Waals surface area contributed by atoms with E-state index in [4.69, 9.17) is 25.8 Å². The Kier molecular flexibility index (Phi) is 5.84. The van der Waals surface area contributed by atoms with Crippen molar-refractivity contribution in [3.05, 3.63) is 81.9 Å². The van der Waals surface area contributed by atoms with Gasteiger partial charge in [-0.05, 0) is 54.4 Å². The van der Waals surface area contributed by atoms with Crippen LogP contribution in [0.2, 0.25) is 5.02 Å². The molecule has 1 saturated heterocycles. The van der Waals surface area contributed by atoms with Crippen molar-refractivity contribution in [2.24, 2.45) is 0 Å². The molecule has 2 heterocycles. The van der Waals surface area contributed by atoms with Gasteiger partial charge in [0, 0.05) is 10.7 Å². The monoisotopic (exact) mass is 506 g/mol. The molecule has 0 aromatic heterocycles. The van der Waals surface area contributed by atoms with E-state index in [1.165, 1.54) is 21.3 Å². The Balaban J connectivity index is 1.68. The summed E-state index contributed by atoms with van der Waals surface area (Å²) in [6.07, 6.45) is 0. The van der Waals surface area contributed by atoms with Gasteiger partial charge in [-0.15, -0.1) is 0 Å². The molecule has 0 unspecified atom stereocenters. The maximum absolute atomic E-state index is 13.7. The van der Waals surface area contributed by atoms with E-state index < -0.39 is 29.8 Å². The van der Waals surface area contributed by atoms with Crippen LogP contribution in [0.3, 0.4) is 0 Å². The van der Waals surface area contributed by atoms with E-state index in [-0.39, 0.29) is 11.1 Å².